The molecule has 0 spiro atoms. The van der Waals surface area contributed by atoms with Crippen LogP contribution in [0.15, 0.2) is 24.4 Å². The third kappa shape index (κ3) is 4.29. The Kier molecular flexibility index (Phi) is 5.24. The summed E-state index contributed by atoms with van der Waals surface area (Å²) in [5.41, 5.74) is 0.0604. The van der Waals surface area contributed by atoms with Crippen molar-refractivity contribution in [1.82, 2.24) is 15.0 Å². The lowest BCUT2D eigenvalue weighted by Crippen LogP contribution is -2.22. The average molecular weight is 356 g/mol. The van der Waals surface area contributed by atoms with Crippen molar-refractivity contribution in [2.45, 2.75) is 38.3 Å². The predicted molar refractivity (Wildman–Crippen MR) is 84.3 cm³/mol. The molecule has 0 radical (unpaired) electrons. The van der Waals surface area contributed by atoms with E-state index in [1.165, 1.54) is 17.8 Å². The number of hydrogen-bond acceptors (Lipinski definition) is 5. The lowest BCUT2D eigenvalue weighted by molar-refractivity contribution is -0.169. The van der Waals surface area contributed by atoms with Crippen molar-refractivity contribution in [3.05, 3.63) is 35.7 Å². The lowest BCUT2D eigenvalue weighted by atomic mass is 10.1. The van der Waals surface area contributed by atoms with Gasteiger partial charge in [0.2, 0.25) is 0 Å². The highest BCUT2D eigenvalue weighted by Gasteiger charge is 2.33. The zero-order valence-electron chi connectivity index (χ0n) is 13.7. The van der Waals surface area contributed by atoms with E-state index >= 15 is 0 Å². The molecule has 0 amide bonds. The molecule has 1 fully saturated rings. The molecule has 1 aromatic heterocycles. The molecule has 1 saturated heterocycles. The number of alkyl halides is 3. The topological polar surface area (TPSA) is 61.2 Å². The van der Waals surface area contributed by atoms with Gasteiger partial charge >= 0.3 is 6.18 Å². The minimum atomic E-state index is -4.46. The Bertz CT molecular complexity index is 712. The van der Waals surface area contributed by atoms with E-state index in [9.17, 15) is 13.2 Å². The van der Waals surface area contributed by atoms with E-state index in [-0.39, 0.29) is 24.3 Å². The van der Waals surface area contributed by atoms with Crippen molar-refractivity contribution in [1.29, 1.82) is 0 Å². The first-order chi connectivity index (χ1) is 12.0. The molecule has 0 aliphatic carbocycles. The third-order valence-corrected chi connectivity index (χ3v) is 3.94. The second kappa shape index (κ2) is 7.40. The van der Waals surface area contributed by atoms with Crippen molar-refractivity contribution in [2.75, 3.05) is 19.0 Å². The Balaban J connectivity index is 1.73. The molecule has 0 bridgehead atoms. The van der Waals surface area contributed by atoms with Crippen LogP contribution in [0.5, 0.6) is 0 Å². The van der Waals surface area contributed by atoms with Crippen LogP contribution < -0.4 is 5.32 Å². The third-order valence-electron chi connectivity index (χ3n) is 3.94. The lowest BCUT2D eigenvalue weighted by Gasteiger charge is -2.22. The summed E-state index contributed by atoms with van der Waals surface area (Å²) in [7, 11) is 1.45. The zero-order chi connectivity index (χ0) is 17.9. The van der Waals surface area contributed by atoms with Gasteiger partial charge in [-0.05, 0) is 37.5 Å². The van der Waals surface area contributed by atoms with E-state index in [1.807, 2.05) is 0 Å². The molecule has 2 aromatic rings. The normalized spacial score (nSPS) is 18.3. The molecule has 2 heterocycles. The maximum absolute atomic E-state index is 13.1. The number of nitrogens with one attached hydrogen (secondary N) is 1. The molecule has 1 aromatic carbocycles. The van der Waals surface area contributed by atoms with E-state index in [2.05, 4.69) is 15.6 Å². The van der Waals surface area contributed by atoms with Crippen LogP contribution in [0.4, 0.5) is 18.9 Å². The van der Waals surface area contributed by atoms with E-state index in [1.54, 1.807) is 12.3 Å². The standard InChI is InChI=1S/C16H19F3N4O2/c1-20-14-6-5-12(8-13(14)16(17,18)19)23-9-11(21-22-23)10-25-15-4-2-3-7-24-15/h5-6,8-9,15,20H,2-4,7,10H2,1H3. The van der Waals surface area contributed by atoms with Gasteiger partial charge in [0, 0.05) is 19.3 Å². The summed E-state index contributed by atoms with van der Waals surface area (Å²) in [6.45, 7) is 0.876. The van der Waals surface area contributed by atoms with Crippen molar-refractivity contribution in [3.8, 4) is 5.69 Å². The van der Waals surface area contributed by atoms with Crippen LogP contribution >= 0.6 is 0 Å². The molecule has 1 unspecified atom stereocenters. The van der Waals surface area contributed by atoms with Gasteiger partial charge in [-0.15, -0.1) is 5.10 Å². The molecule has 1 N–H and O–H groups in total. The van der Waals surface area contributed by atoms with Gasteiger partial charge in [-0.1, -0.05) is 5.21 Å². The van der Waals surface area contributed by atoms with Gasteiger partial charge in [-0.3, -0.25) is 0 Å². The summed E-state index contributed by atoms with van der Waals surface area (Å²) >= 11 is 0. The monoisotopic (exact) mass is 356 g/mol. The van der Waals surface area contributed by atoms with Gasteiger partial charge in [0.1, 0.15) is 5.69 Å². The van der Waals surface area contributed by atoms with Crippen molar-refractivity contribution < 1.29 is 22.6 Å². The minimum absolute atomic E-state index is 0.00868. The molecule has 0 saturated carbocycles. The molecule has 6 nitrogen and oxygen atoms in total. The van der Waals surface area contributed by atoms with E-state index < -0.39 is 11.7 Å². The number of hydrogen-bond donors (Lipinski definition) is 1. The summed E-state index contributed by atoms with van der Waals surface area (Å²) in [6, 6.07) is 3.95. The summed E-state index contributed by atoms with van der Waals surface area (Å²) in [5, 5.41) is 10.4. The van der Waals surface area contributed by atoms with Gasteiger partial charge in [0.05, 0.1) is 24.1 Å². The van der Waals surface area contributed by atoms with E-state index in [0.29, 0.717) is 12.3 Å². The van der Waals surface area contributed by atoms with E-state index in [0.717, 1.165) is 25.3 Å². The molecular weight excluding hydrogens is 337 g/mol. The number of halogens is 3. The van der Waals surface area contributed by atoms with Crippen molar-refractivity contribution in [3.63, 3.8) is 0 Å². The van der Waals surface area contributed by atoms with Crippen LogP contribution in [-0.2, 0) is 22.3 Å². The Morgan fingerprint density at radius 3 is 2.88 bits per heavy atom. The van der Waals surface area contributed by atoms with Crippen LogP contribution in [-0.4, -0.2) is 34.9 Å². The maximum atomic E-state index is 13.1. The Hall–Kier alpha value is -2.13. The summed E-state index contributed by atoms with van der Waals surface area (Å²) in [5.74, 6) is 0. The van der Waals surface area contributed by atoms with Crippen molar-refractivity contribution in [2.24, 2.45) is 0 Å². The predicted octanol–water partition coefficient (Wildman–Crippen LogP) is 3.37. The quantitative estimate of drug-likeness (QED) is 0.890. The smallest absolute Gasteiger partial charge is 0.388 e. The van der Waals surface area contributed by atoms with Gasteiger partial charge in [-0.25, -0.2) is 4.68 Å². The number of nitrogens with zero attached hydrogens (tertiary/aromatic N) is 3. The van der Waals surface area contributed by atoms with Crippen LogP contribution in [0.1, 0.15) is 30.5 Å². The fourth-order valence-corrected chi connectivity index (χ4v) is 2.64. The van der Waals surface area contributed by atoms with E-state index in [4.69, 9.17) is 9.47 Å². The summed E-state index contributed by atoms with van der Waals surface area (Å²) in [4.78, 5) is 0. The minimum Gasteiger partial charge on any atom is -0.388 e. The highest BCUT2D eigenvalue weighted by atomic mass is 19.4. The molecule has 1 atom stereocenters. The molecule has 1 aliphatic heterocycles. The molecular formula is C16H19F3N4O2. The molecule has 1 aliphatic rings. The number of rotatable bonds is 5. The second-order valence-electron chi connectivity index (χ2n) is 5.74. The average Bonchev–Trinajstić information content (AvgIpc) is 3.08. The first-order valence-corrected chi connectivity index (χ1v) is 8.01. The number of anilines is 1. The number of ether oxygens (including phenoxy) is 2. The highest BCUT2D eigenvalue weighted by Crippen LogP contribution is 2.35. The fourth-order valence-electron chi connectivity index (χ4n) is 2.64. The maximum Gasteiger partial charge on any atom is 0.418 e. The number of benzene rings is 1. The van der Waals surface area contributed by atoms with Crippen LogP contribution in [0.2, 0.25) is 0 Å². The zero-order valence-corrected chi connectivity index (χ0v) is 13.7. The molecule has 136 valence electrons. The molecule has 3 rings (SSSR count). The SMILES string of the molecule is CNc1ccc(-n2cc(COC3CCCCO3)nn2)cc1C(F)(F)F. The molecule has 9 heteroatoms. The van der Waals surface area contributed by atoms with Crippen LogP contribution in [0.3, 0.4) is 0 Å². The largest absolute Gasteiger partial charge is 0.418 e. The van der Waals surface area contributed by atoms with Gasteiger partial charge < -0.3 is 14.8 Å². The van der Waals surface area contributed by atoms with Crippen molar-refractivity contribution >= 4 is 5.69 Å². The number of aromatic nitrogens is 3. The summed E-state index contributed by atoms with van der Waals surface area (Å²) in [6.07, 6.45) is -0.258. The fraction of sp³-hybridized carbons (Fsp3) is 0.500. The van der Waals surface area contributed by atoms with Gasteiger partial charge in [-0.2, -0.15) is 13.2 Å². The summed E-state index contributed by atoms with van der Waals surface area (Å²) < 4.78 is 51.8. The van der Waals surface area contributed by atoms with Gasteiger partial charge in [0.25, 0.3) is 0 Å². The first kappa shape index (κ1) is 17.7. The van der Waals surface area contributed by atoms with Gasteiger partial charge in [0.15, 0.2) is 6.29 Å². The first-order valence-electron chi connectivity index (χ1n) is 8.01. The Labute approximate surface area is 142 Å². The Morgan fingerprint density at radius 1 is 1.36 bits per heavy atom. The second-order valence-corrected chi connectivity index (χ2v) is 5.74. The Morgan fingerprint density at radius 2 is 2.20 bits per heavy atom. The van der Waals surface area contributed by atoms with Crippen LogP contribution in [0, 0.1) is 0 Å². The highest BCUT2D eigenvalue weighted by molar-refractivity contribution is 5.56. The van der Waals surface area contributed by atoms with Crippen LogP contribution in [0.25, 0.3) is 5.69 Å². The molecule has 25 heavy (non-hydrogen) atoms.